The number of nitrogens with zero attached hydrogens (tertiary/aromatic N) is 4. The lowest BCUT2D eigenvalue weighted by Gasteiger charge is -2.22. The molecule has 2 heterocycles. The maximum atomic E-state index is 12.8. The van der Waals surface area contributed by atoms with E-state index < -0.39 is 34.7 Å². The van der Waals surface area contributed by atoms with Gasteiger partial charge in [-0.15, -0.1) is 11.3 Å². The number of nitrogens with one attached hydrogen (secondary N) is 1. The number of benzene rings is 1. The summed E-state index contributed by atoms with van der Waals surface area (Å²) in [4.78, 5) is 22.3. The van der Waals surface area contributed by atoms with Crippen molar-refractivity contribution in [2.75, 3.05) is 10.8 Å². The van der Waals surface area contributed by atoms with Gasteiger partial charge in [-0.05, 0) is 53.9 Å². The summed E-state index contributed by atoms with van der Waals surface area (Å²) in [7, 11) is 0. The molecule has 1 atom stereocenters. The summed E-state index contributed by atoms with van der Waals surface area (Å²) in [5.74, 6) is -1.24. The molecule has 0 aliphatic carbocycles. The SMILES string of the molecule is Cc1sc(N(Cc2ccc(C(F)(F)F)nc2)c2ccc(C#N)cc2)nc1C(=O)NCS(=O)[O-]. The van der Waals surface area contributed by atoms with Crippen molar-refractivity contribution in [3.8, 4) is 6.07 Å². The van der Waals surface area contributed by atoms with Crippen molar-refractivity contribution in [2.45, 2.75) is 19.6 Å². The Hall–Kier alpha value is -3.34. The van der Waals surface area contributed by atoms with Crippen molar-refractivity contribution < 1.29 is 26.7 Å². The Morgan fingerprint density at radius 2 is 1.97 bits per heavy atom. The van der Waals surface area contributed by atoms with Gasteiger partial charge in [0.15, 0.2) is 5.13 Å². The predicted molar refractivity (Wildman–Crippen MR) is 114 cm³/mol. The molecular weight excluding hydrogens is 479 g/mol. The fraction of sp³-hybridized carbons (Fsp3) is 0.200. The standard InChI is InChI=1S/C20H16F3N5O3S2/c1-12-17(18(29)26-11-33(30)31)27-19(32-12)28(15-5-2-13(8-24)3-6-15)10-14-4-7-16(25-9-14)20(21,22)23/h2-7,9H,10-11H2,1H3,(H,26,29)(H,30,31)/p-1. The second kappa shape index (κ2) is 10.1. The van der Waals surface area contributed by atoms with E-state index in [-0.39, 0.29) is 12.2 Å². The van der Waals surface area contributed by atoms with E-state index >= 15 is 0 Å². The first-order valence-electron chi connectivity index (χ1n) is 9.20. The van der Waals surface area contributed by atoms with Crippen LogP contribution in [0.25, 0.3) is 0 Å². The molecule has 0 saturated heterocycles. The summed E-state index contributed by atoms with van der Waals surface area (Å²) in [6.07, 6.45) is -3.45. The van der Waals surface area contributed by atoms with Gasteiger partial charge in [0.25, 0.3) is 5.91 Å². The third kappa shape index (κ3) is 6.13. The third-order valence-corrected chi connectivity index (χ3v) is 5.72. The molecule has 0 radical (unpaired) electrons. The first-order chi connectivity index (χ1) is 15.6. The Labute approximate surface area is 193 Å². The van der Waals surface area contributed by atoms with E-state index in [0.717, 1.165) is 23.6 Å². The van der Waals surface area contributed by atoms with Crippen LogP contribution >= 0.6 is 11.3 Å². The molecule has 1 amide bonds. The monoisotopic (exact) mass is 494 g/mol. The number of aryl methyl sites for hydroxylation is 1. The van der Waals surface area contributed by atoms with Crippen LogP contribution in [0.3, 0.4) is 0 Å². The molecule has 0 fully saturated rings. The number of carbonyl (C=O) groups is 1. The average Bonchev–Trinajstić information content (AvgIpc) is 3.17. The van der Waals surface area contributed by atoms with Gasteiger partial charge in [-0.25, -0.2) is 4.98 Å². The molecule has 0 aliphatic heterocycles. The van der Waals surface area contributed by atoms with Crippen LogP contribution in [0.15, 0.2) is 42.6 Å². The van der Waals surface area contributed by atoms with Crippen molar-refractivity contribution in [3.05, 3.63) is 70.0 Å². The second-order valence-corrected chi connectivity index (χ2v) is 8.73. The third-order valence-electron chi connectivity index (χ3n) is 4.35. The number of hydrogen-bond donors (Lipinski definition) is 1. The number of rotatable bonds is 7. The Balaban J connectivity index is 1.96. The van der Waals surface area contributed by atoms with Crippen molar-refractivity contribution in [2.24, 2.45) is 0 Å². The number of pyridine rings is 1. The summed E-state index contributed by atoms with van der Waals surface area (Å²) in [5, 5.41) is 11.6. The number of thiazole rings is 1. The molecule has 3 aromatic rings. The van der Waals surface area contributed by atoms with Gasteiger partial charge >= 0.3 is 6.18 Å². The smallest absolute Gasteiger partial charge is 0.433 e. The molecule has 1 unspecified atom stereocenters. The normalized spacial score (nSPS) is 12.1. The van der Waals surface area contributed by atoms with E-state index in [9.17, 15) is 26.7 Å². The van der Waals surface area contributed by atoms with Gasteiger partial charge in [-0.2, -0.15) is 18.4 Å². The molecule has 1 aromatic carbocycles. The van der Waals surface area contributed by atoms with Gasteiger partial charge in [0.2, 0.25) is 0 Å². The van der Waals surface area contributed by atoms with Crippen LogP contribution in [0.1, 0.15) is 32.2 Å². The molecule has 1 N–H and O–H groups in total. The largest absolute Gasteiger partial charge is 0.771 e. The summed E-state index contributed by atoms with van der Waals surface area (Å²) in [5.41, 5.74) is 0.458. The molecule has 0 spiro atoms. The van der Waals surface area contributed by atoms with Gasteiger partial charge in [-0.3, -0.25) is 14.0 Å². The lowest BCUT2D eigenvalue weighted by molar-refractivity contribution is -0.141. The highest BCUT2D eigenvalue weighted by Crippen LogP contribution is 2.34. The zero-order chi connectivity index (χ0) is 24.2. The summed E-state index contributed by atoms with van der Waals surface area (Å²) >= 11 is -1.32. The molecule has 2 aromatic heterocycles. The van der Waals surface area contributed by atoms with Gasteiger partial charge in [0, 0.05) is 16.8 Å². The number of amides is 1. The van der Waals surface area contributed by atoms with E-state index in [0.29, 0.717) is 26.8 Å². The van der Waals surface area contributed by atoms with Crippen LogP contribution in [0, 0.1) is 18.3 Å². The number of anilines is 2. The first-order valence-corrected chi connectivity index (χ1v) is 11.3. The van der Waals surface area contributed by atoms with Crippen LogP contribution in [0.5, 0.6) is 0 Å². The van der Waals surface area contributed by atoms with E-state index in [1.54, 1.807) is 36.1 Å². The highest BCUT2D eigenvalue weighted by atomic mass is 32.2. The van der Waals surface area contributed by atoms with Crippen LogP contribution in [0.4, 0.5) is 24.0 Å². The predicted octanol–water partition coefficient (Wildman–Crippen LogP) is 3.64. The minimum atomic E-state index is -4.56. The Morgan fingerprint density at radius 1 is 1.27 bits per heavy atom. The highest BCUT2D eigenvalue weighted by molar-refractivity contribution is 7.79. The van der Waals surface area contributed by atoms with Gasteiger partial charge in [-0.1, -0.05) is 6.07 Å². The topological polar surface area (TPSA) is 122 Å². The first kappa shape index (κ1) is 24.3. The Morgan fingerprint density at radius 3 is 2.52 bits per heavy atom. The molecule has 0 bridgehead atoms. The van der Waals surface area contributed by atoms with Crippen molar-refractivity contribution in [1.29, 1.82) is 5.26 Å². The summed E-state index contributed by atoms with van der Waals surface area (Å²) in [6.45, 7) is 1.72. The minimum Gasteiger partial charge on any atom is -0.771 e. The number of hydrogen-bond acceptors (Lipinski definition) is 8. The molecule has 172 valence electrons. The zero-order valence-electron chi connectivity index (χ0n) is 16.9. The van der Waals surface area contributed by atoms with Crippen LogP contribution in [0.2, 0.25) is 0 Å². The maximum Gasteiger partial charge on any atom is 0.433 e. The Bertz CT molecular complexity index is 1210. The number of nitriles is 1. The van der Waals surface area contributed by atoms with Gasteiger partial charge in [0.1, 0.15) is 11.4 Å². The number of aromatic nitrogens is 2. The van der Waals surface area contributed by atoms with E-state index in [1.165, 1.54) is 6.07 Å². The van der Waals surface area contributed by atoms with Crippen LogP contribution in [-0.2, 0) is 23.8 Å². The molecule has 0 saturated carbocycles. The molecule has 8 nitrogen and oxygen atoms in total. The fourth-order valence-electron chi connectivity index (χ4n) is 2.77. The number of carbonyl (C=O) groups excluding carboxylic acids is 1. The highest BCUT2D eigenvalue weighted by Gasteiger charge is 2.32. The molecular formula is C20H15F3N5O3S2-. The van der Waals surface area contributed by atoms with Crippen LogP contribution < -0.4 is 10.2 Å². The fourth-order valence-corrected chi connectivity index (χ4v) is 3.95. The minimum absolute atomic E-state index is 0.0321. The van der Waals surface area contributed by atoms with Gasteiger partial charge < -0.3 is 14.8 Å². The van der Waals surface area contributed by atoms with Gasteiger partial charge in [0.05, 0.1) is 24.1 Å². The summed E-state index contributed by atoms with van der Waals surface area (Å²) in [6, 6.07) is 10.6. The maximum absolute atomic E-state index is 12.8. The number of halogens is 3. The van der Waals surface area contributed by atoms with Crippen molar-refractivity contribution in [3.63, 3.8) is 0 Å². The van der Waals surface area contributed by atoms with E-state index in [1.807, 2.05) is 6.07 Å². The van der Waals surface area contributed by atoms with Crippen molar-refractivity contribution >= 4 is 39.1 Å². The lowest BCUT2D eigenvalue weighted by Crippen LogP contribution is -2.27. The average molecular weight is 495 g/mol. The molecule has 13 heteroatoms. The summed E-state index contributed by atoms with van der Waals surface area (Å²) < 4.78 is 59.9. The van der Waals surface area contributed by atoms with E-state index in [4.69, 9.17) is 5.26 Å². The number of alkyl halides is 3. The van der Waals surface area contributed by atoms with Crippen molar-refractivity contribution in [1.82, 2.24) is 15.3 Å². The van der Waals surface area contributed by atoms with E-state index in [2.05, 4.69) is 15.3 Å². The lowest BCUT2D eigenvalue weighted by atomic mass is 10.2. The quantitative estimate of drug-likeness (QED) is 0.498. The zero-order valence-corrected chi connectivity index (χ0v) is 18.6. The second-order valence-electron chi connectivity index (χ2n) is 6.65. The molecule has 0 aliphatic rings. The van der Waals surface area contributed by atoms with Crippen LogP contribution in [-0.4, -0.2) is 30.5 Å². The Kier molecular flexibility index (Phi) is 7.42. The molecule has 33 heavy (non-hydrogen) atoms. The molecule has 3 rings (SSSR count).